The van der Waals surface area contributed by atoms with Crippen molar-refractivity contribution in [3.8, 4) is 5.75 Å². The molecule has 6 nitrogen and oxygen atoms in total. The van der Waals surface area contributed by atoms with Crippen molar-refractivity contribution >= 4 is 5.91 Å². The van der Waals surface area contributed by atoms with Crippen molar-refractivity contribution in [2.45, 2.75) is 58.3 Å². The van der Waals surface area contributed by atoms with Gasteiger partial charge in [-0.15, -0.1) is 0 Å². The molecular weight excluding hydrogens is 464 g/mol. The van der Waals surface area contributed by atoms with Crippen LogP contribution in [0.1, 0.15) is 65.9 Å². The van der Waals surface area contributed by atoms with Crippen molar-refractivity contribution in [1.82, 2.24) is 10.2 Å². The molecule has 3 rings (SSSR count). The zero-order chi connectivity index (χ0) is 26.8. The fourth-order valence-electron chi connectivity index (χ4n) is 4.52. The first-order valence-corrected chi connectivity index (χ1v) is 13.0. The Kier molecular flexibility index (Phi) is 10.3. The number of nitrogens with zero attached hydrogens (tertiary/aromatic N) is 1. The van der Waals surface area contributed by atoms with E-state index in [0.29, 0.717) is 42.7 Å². The molecule has 6 heteroatoms. The molecule has 0 aliphatic carbocycles. The first kappa shape index (κ1) is 28.4. The predicted molar refractivity (Wildman–Crippen MR) is 148 cm³/mol. The van der Waals surface area contributed by atoms with E-state index < -0.39 is 6.10 Å². The highest BCUT2D eigenvalue weighted by Crippen LogP contribution is 2.23. The Labute approximate surface area is 220 Å². The lowest BCUT2D eigenvalue weighted by Gasteiger charge is -2.28. The first-order valence-electron chi connectivity index (χ1n) is 13.0. The summed E-state index contributed by atoms with van der Waals surface area (Å²) in [4.78, 5) is 15.1. The van der Waals surface area contributed by atoms with Gasteiger partial charge >= 0.3 is 0 Å². The number of hydrogen-bond donors (Lipinski definition) is 4. The Balaban J connectivity index is 1.57. The zero-order valence-corrected chi connectivity index (χ0v) is 22.2. The first-order chi connectivity index (χ1) is 17.7. The molecule has 0 bridgehead atoms. The number of carbonyl (C=O) groups excluding carboxylic acids is 1. The smallest absolute Gasteiger partial charge is 0.253 e. The Morgan fingerprint density at radius 1 is 1.00 bits per heavy atom. The highest BCUT2D eigenvalue weighted by atomic mass is 16.3. The summed E-state index contributed by atoms with van der Waals surface area (Å²) in [5, 5.41) is 33.2. The van der Waals surface area contributed by atoms with E-state index in [0.717, 1.165) is 18.4 Å². The standard InChI is InChI=1S/C31H40N2O4/c1-4-33(17-9-13-23-10-6-5-7-11-23)30(37)26-14-8-12-24(18-26)20-31(2,3)32-21-29(36)25-15-16-28(35)27(19-25)22-34/h5-8,10-12,14-16,18-19,29,32,34-36H,4,9,13,17,20-22H2,1-3H3/t29-/m1/s1. The van der Waals surface area contributed by atoms with E-state index in [4.69, 9.17) is 0 Å². The summed E-state index contributed by atoms with van der Waals surface area (Å²) in [6, 6.07) is 22.9. The Morgan fingerprint density at radius 3 is 2.43 bits per heavy atom. The molecule has 0 aliphatic heterocycles. The number of aliphatic hydroxyl groups excluding tert-OH is 2. The van der Waals surface area contributed by atoms with Crippen LogP contribution in [0.3, 0.4) is 0 Å². The Morgan fingerprint density at radius 2 is 1.73 bits per heavy atom. The average Bonchev–Trinajstić information content (AvgIpc) is 2.90. The molecule has 1 amide bonds. The van der Waals surface area contributed by atoms with Gasteiger partial charge in [-0.25, -0.2) is 0 Å². The molecule has 0 aromatic heterocycles. The van der Waals surface area contributed by atoms with Crippen LogP contribution in [0.2, 0.25) is 0 Å². The number of aryl methyl sites for hydroxylation is 1. The van der Waals surface area contributed by atoms with Crippen LogP contribution in [0, 0.1) is 0 Å². The summed E-state index contributed by atoms with van der Waals surface area (Å²) in [6.45, 7) is 7.54. The average molecular weight is 505 g/mol. The third-order valence-electron chi connectivity index (χ3n) is 6.66. The van der Waals surface area contributed by atoms with Crippen LogP contribution < -0.4 is 5.32 Å². The number of rotatable bonds is 13. The molecule has 3 aromatic carbocycles. The second kappa shape index (κ2) is 13.4. The molecule has 0 aliphatic rings. The molecule has 0 heterocycles. The predicted octanol–water partition coefficient (Wildman–Crippen LogP) is 4.62. The maximum Gasteiger partial charge on any atom is 0.253 e. The number of aliphatic hydroxyl groups is 2. The van der Waals surface area contributed by atoms with E-state index in [2.05, 4.69) is 31.3 Å². The van der Waals surface area contributed by atoms with Gasteiger partial charge in [-0.05, 0) is 81.0 Å². The molecule has 3 aromatic rings. The molecule has 0 saturated heterocycles. The van der Waals surface area contributed by atoms with E-state index in [9.17, 15) is 20.1 Å². The van der Waals surface area contributed by atoms with Gasteiger partial charge in [0.25, 0.3) is 5.91 Å². The van der Waals surface area contributed by atoms with E-state index >= 15 is 0 Å². The van der Waals surface area contributed by atoms with Gasteiger partial charge in [-0.1, -0.05) is 48.5 Å². The van der Waals surface area contributed by atoms with Crippen molar-refractivity contribution in [2.24, 2.45) is 0 Å². The fraction of sp³-hybridized carbons (Fsp3) is 0.387. The number of phenols is 1. The van der Waals surface area contributed by atoms with Crippen LogP contribution >= 0.6 is 0 Å². The normalized spacial score (nSPS) is 12.4. The molecule has 198 valence electrons. The number of β-amino-alcohol motifs (C(OH)–C–C–N with tert-alkyl or cyclic N) is 1. The molecule has 0 radical (unpaired) electrons. The van der Waals surface area contributed by atoms with Crippen LogP contribution in [0.25, 0.3) is 0 Å². The second-order valence-electron chi connectivity index (χ2n) is 10.2. The molecule has 37 heavy (non-hydrogen) atoms. The third-order valence-corrected chi connectivity index (χ3v) is 6.66. The lowest BCUT2D eigenvalue weighted by atomic mass is 9.93. The lowest BCUT2D eigenvalue weighted by Crippen LogP contribution is -2.43. The molecule has 0 saturated carbocycles. The minimum absolute atomic E-state index is 0.0130. The summed E-state index contributed by atoms with van der Waals surface area (Å²) in [6.07, 6.45) is 1.76. The minimum atomic E-state index is -0.785. The summed E-state index contributed by atoms with van der Waals surface area (Å²) >= 11 is 0. The summed E-state index contributed by atoms with van der Waals surface area (Å²) in [5.74, 6) is 0.0598. The van der Waals surface area contributed by atoms with Gasteiger partial charge in [0.15, 0.2) is 0 Å². The van der Waals surface area contributed by atoms with Gasteiger partial charge < -0.3 is 25.5 Å². The largest absolute Gasteiger partial charge is 0.508 e. The SMILES string of the molecule is CCN(CCCc1ccccc1)C(=O)c1cccc(CC(C)(C)NC[C@@H](O)c2ccc(O)c(CO)c2)c1. The van der Waals surface area contributed by atoms with Crippen molar-refractivity contribution in [3.05, 3.63) is 101 Å². The lowest BCUT2D eigenvalue weighted by molar-refractivity contribution is 0.0762. The van der Waals surface area contributed by atoms with E-state index in [1.54, 1.807) is 12.1 Å². The van der Waals surface area contributed by atoms with Crippen LogP contribution in [0.5, 0.6) is 5.75 Å². The number of aromatic hydroxyl groups is 1. The molecule has 0 spiro atoms. The summed E-state index contributed by atoms with van der Waals surface area (Å²) < 4.78 is 0. The summed E-state index contributed by atoms with van der Waals surface area (Å²) in [7, 11) is 0. The van der Waals surface area contributed by atoms with Crippen LogP contribution in [0.15, 0.2) is 72.8 Å². The number of hydrogen-bond acceptors (Lipinski definition) is 5. The topological polar surface area (TPSA) is 93.0 Å². The zero-order valence-electron chi connectivity index (χ0n) is 22.2. The van der Waals surface area contributed by atoms with Gasteiger partial charge in [0.1, 0.15) is 5.75 Å². The van der Waals surface area contributed by atoms with Gasteiger partial charge in [0, 0.05) is 36.3 Å². The van der Waals surface area contributed by atoms with Gasteiger partial charge in [-0.3, -0.25) is 4.79 Å². The Hall–Kier alpha value is -3.19. The molecule has 4 N–H and O–H groups in total. The quantitative estimate of drug-likeness (QED) is 0.273. The van der Waals surface area contributed by atoms with Crippen molar-refractivity contribution in [1.29, 1.82) is 0 Å². The maximum atomic E-state index is 13.2. The van der Waals surface area contributed by atoms with Crippen molar-refractivity contribution in [3.63, 3.8) is 0 Å². The Bertz CT molecular complexity index is 1150. The number of benzene rings is 3. The highest BCUT2D eigenvalue weighted by molar-refractivity contribution is 5.94. The molecule has 0 unspecified atom stereocenters. The molecular formula is C31H40N2O4. The monoisotopic (exact) mass is 504 g/mol. The number of carbonyl (C=O) groups is 1. The van der Waals surface area contributed by atoms with E-state index in [-0.39, 0.29) is 23.8 Å². The number of nitrogens with one attached hydrogen (secondary N) is 1. The minimum Gasteiger partial charge on any atom is -0.508 e. The van der Waals surface area contributed by atoms with Crippen molar-refractivity contribution < 1.29 is 20.1 Å². The van der Waals surface area contributed by atoms with Crippen LogP contribution in [-0.4, -0.2) is 51.3 Å². The second-order valence-corrected chi connectivity index (χ2v) is 10.2. The van der Waals surface area contributed by atoms with E-state index in [1.165, 1.54) is 11.6 Å². The number of amides is 1. The molecule has 0 fully saturated rings. The van der Waals surface area contributed by atoms with E-state index in [1.807, 2.05) is 54.3 Å². The maximum absolute atomic E-state index is 13.2. The van der Waals surface area contributed by atoms with Crippen LogP contribution in [-0.2, 0) is 19.4 Å². The van der Waals surface area contributed by atoms with Crippen LogP contribution in [0.4, 0.5) is 0 Å². The summed E-state index contributed by atoms with van der Waals surface area (Å²) in [5.41, 5.74) is 3.70. The van der Waals surface area contributed by atoms with Gasteiger partial charge in [-0.2, -0.15) is 0 Å². The van der Waals surface area contributed by atoms with Gasteiger partial charge in [0.2, 0.25) is 0 Å². The molecule has 1 atom stereocenters. The fourth-order valence-corrected chi connectivity index (χ4v) is 4.52. The third kappa shape index (κ3) is 8.42. The van der Waals surface area contributed by atoms with Gasteiger partial charge in [0.05, 0.1) is 12.7 Å². The van der Waals surface area contributed by atoms with Crippen molar-refractivity contribution in [2.75, 3.05) is 19.6 Å². The highest BCUT2D eigenvalue weighted by Gasteiger charge is 2.21.